The second-order valence-electron chi connectivity index (χ2n) is 6.72. The van der Waals surface area contributed by atoms with E-state index in [9.17, 15) is 4.79 Å². The molecule has 0 N–H and O–H groups in total. The van der Waals surface area contributed by atoms with Crippen LogP contribution in [-0.4, -0.2) is 42.8 Å². The van der Waals surface area contributed by atoms with Crippen molar-refractivity contribution in [1.29, 1.82) is 0 Å². The maximum atomic E-state index is 12.8. The standard InChI is InChI=1S/C18H20N6O3/c1-10-14(23-27-22-10)9-16(25)24-8-4-5-15(24)13-6-7-19-18(20-13)17-11(2)21-26-12(17)3/h6-7,15H,4-5,8-9H2,1-3H3. The van der Waals surface area contributed by atoms with E-state index in [1.807, 2.05) is 24.8 Å². The molecule has 1 fully saturated rings. The van der Waals surface area contributed by atoms with Crippen molar-refractivity contribution >= 4 is 5.91 Å². The van der Waals surface area contributed by atoms with Gasteiger partial charge in [-0.2, -0.15) is 0 Å². The van der Waals surface area contributed by atoms with E-state index in [-0.39, 0.29) is 18.4 Å². The normalized spacial score (nSPS) is 16.9. The largest absolute Gasteiger partial charge is 0.361 e. The molecule has 3 aromatic heterocycles. The Labute approximate surface area is 155 Å². The zero-order chi connectivity index (χ0) is 19.0. The monoisotopic (exact) mass is 368 g/mol. The number of nitrogens with zero attached hydrogens (tertiary/aromatic N) is 6. The van der Waals surface area contributed by atoms with Crippen molar-refractivity contribution in [1.82, 2.24) is 30.3 Å². The van der Waals surface area contributed by atoms with Crippen LogP contribution < -0.4 is 0 Å². The molecule has 0 radical (unpaired) electrons. The number of likely N-dealkylation sites (tertiary alicyclic amines) is 1. The van der Waals surface area contributed by atoms with Crippen molar-refractivity contribution < 1.29 is 13.9 Å². The highest BCUT2D eigenvalue weighted by atomic mass is 16.6. The lowest BCUT2D eigenvalue weighted by molar-refractivity contribution is -0.131. The Kier molecular flexibility index (Phi) is 4.43. The number of hydrogen-bond acceptors (Lipinski definition) is 8. The first kappa shape index (κ1) is 17.3. The maximum absolute atomic E-state index is 12.8. The van der Waals surface area contributed by atoms with Gasteiger partial charge < -0.3 is 9.42 Å². The summed E-state index contributed by atoms with van der Waals surface area (Å²) in [6.45, 7) is 6.17. The van der Waals surface area contributed by atoms with Crippen LogP contribution in [0, 0.1) is 20.8 Å². The van der Waals surface area contributed by atoms with E-state index in [0.717, 1.165) is 29.8 Å². The molecule has 9 nitrogen and oxygen atoms in total. The van der Waals surface area contributed by atoms with Gasteiger partial charge in [0.05, 0.1) is 29.4 Å². The van der Waals surface area contributed by atoms with Crippen LogP contribution >= 0.6 is 0 Å². The Bertz CT molecular complexity index is 960. The highest BCUT2D eigenvalue weighted by Crippen LogP contribution is 2.33. The van der Waals surface area contributed by atoms with E-state index >= 15 is 0 Å². The van der Waals surface area contributed by atoms with Crippen LogP contribution in [0.5, 0.6) is 0 Å². The van der Waals surface area contributed by atoms with Crippen molar-refractivity contribution in [3.05, 3.63) is 40.8 Å². The maximum Gasteiger partial charge on any atom is 0.229 e. The van der Waals surface area contributed by atoms with Gasteiger partial charge in [0.2, 0.25) is 5.91 Å². The fourth-order valence-electron chi connectivity index (χ4n) is 3.51. The number of carbonyl (C=O) groups is 1. The third-order valence-electron chi connectivity index (χ3n) is 4.91. The van der Waals surface area contributed by atoms with Crippen LogP contribution in [-0.2, 0) is 11.2 Å². The number of rotatable bonds is 4. The van der Waals surface area contributed by atoms with E-state index in [4.69, 9.17) is 14.1 Å². The third kappa shape index (κ3) is 3.20. The molecule has 3 aromatic rings. The first-order valence-electron chi connectivity index (χ1n) is 8.88. The number of aromatic nitrogens is 5. The van der Waals surface area contributed by atoms with Gasteiger partial charge in [0.15, 0.2) is 5.82 Å². The molecule has 0 bridgehead atoms. The quantitative estimate of drug-likeness (QED) is 0.690. The zero-order valence-corrected chi connectivity index (χ0v) is 15.5. The molecule has 1 atom stereocenters. The Morgan fingerprint density at radius 2 is 2.07 bits per heavy atom. The van der Waals surface area contributed by atoms with Gasteiger partial charge in [-0.1, -0.05) is 15.5 Å². The molecule has 1 aliphatic rings. The van der Waals surface area contributed by atoms with Gasteiger partial charge in [0.1, 0.15) is 17.1 Å². The van der Waals surface area contributed by atoms with E-state index in [1.54, 1.807) is 13.1 Å². The minimum absolute atomic E-state index is 0.00574. The molecule has 1 saturated heterocycles. The molecular weight excluding hydrogens is 348 g/mol. The summed E-state index contributed by atoms with van der Waals surface area (Å²) in [6, 6.07) is 1.78. The lowest BCUT2D eigenvalue weighted by Gasteiger charge is -2.24. The lowest BCUT2D eigenvalue weighted by atomic mass is 10.1. The van der Waals surface area contributed by atoms with Gasteiger partial charge in [-0.3, -0.25) is 4.79 Å². The van der Waals surface area contributed by atoms with E-state index in [0.29, 0.717) is 29.5 Å². The second-order valence-corrected chi connectivity index (χ2v) is 6.72. The lowest BCUT2D eigenvalue weighted by Crippen LogP contribution is -2.32. The molecule has 0 saturated carbocycles. The summed E-state index contributed by atoms with van der Waals surface area (Å²) in [5.41, 5.74) is 3.59. The molecule has 1 unspecified atom stereocenters. The number of carbonyl (C=O) groups excluding carboxylic acids is 1. The summed E-state index contributed by atoms with van der Waals surface area (Å²) in [5.74, 6) is 1.24. The van der Waals surface area contributed by atoms with Crippen LogP contribution in [0.1, 0.15) is 47.4 Å². The highest BCUT2D eigenvalue weighted by Gasteiger charge is 2.32. The second kappa shape index (κ2) is 6.90. The minimum atomic E-state index is -0.0834. The highest BCUT2D eigenvalue weighted by molar-refractivity contribution is 5.79. The predicted molar refractivity (Wildman–Crippen MR) is 93.4 cm³/mol. The minimum Gasteiger partial charge on any atom is -0.361 e. The molecule has 140 valence electrons. The first-order valence-corrected chi connectivity index (χ1v) is 8.88. The SMILES string of the molecule is Cc1nonc1CC(=O)N1CCCC1c1ccnc(-c2c(C)noc2C)n1. The summed E-state index contributed by atoms with van der Waals surface area (Å²) >= 11 is 0. The number of amides is 1. The Balaban J connectivity index is 1.60. The van der Waals surface area contributed by atoms with Gasteiger partial charge >= 0.3 is 0 Å². The molecule has 4 rings (SSSR count). The predicted octanol–water partition coefficient (Wildman–Crippen LogP) is 2.35. The molecule has 27 heavy (non-hydrogen) atoms. The van der Waals surface area contributed by atoms with Crippen molar-refractivity contribution in [3.8, 4) is 11.4 Å². The van der Waals surface area contributed by atoms with Crippen molar-refractivity contribution in [3.63, 3.8) is 0 Å². The van der Waals surface area contributed by atoms with E-state index in [1.165, 1.54) is 0 Å². The van der Waals surface area contributed by atoms with Gasteiger partial charge in [-0.25, -0.2) is 14.6 Å². The molecule has 0 aliphatic carbocycles. The van der Waals surface area contributed by atoms with E-state index < -0.39 is 0 Å². The van der Waals surface area contributed by atoms with Gasteiger partial charge in [-0.05, 0) is 39.7 Å². The topological polar surface area (TPSA) is 111 Å². The smallest absolute Gasteiger partial charge is 0.229 e. The number of hydrogen-bond donors (Lipinski definition) is 0. The van der Waals surface area contributed by atoms with Gasteiger partial charge in [0.25, 0.3) is 0 Å². The van der Waals surface area contributed by atoms with Crippen molar-refractivity contribution in [2.24, 2.45) is 0 Å². The van der Waals surface area contributed by atoms with Crippen LogP contribution in [0.15, 0.2) is 21.4 Å². The summed E-state index contributed by atoms with van der Waals surface area (Å²) in [5, 5.41) is 11.5. The van der Waals surface area contributed by atoms with Crippen LogP contribution in [0.3, 0.4) is 0 Å². The van der Waals surface area contributed by atoms with Crippen molar-refractivity contribution in [2.45, 2.75) is 46.1 Å². The van der Waals surface area contributed by atoms with Crippen LogP contribution in [0.2, 0.25) is 0 Å². The zero-order valence-electron chi connectivity index (χ0n) is 15.5. The molecule has 0 spiro atoms. The molecule has 1 amide bonds. The van der Waals surface area contributed by atoms with Gasteiger partial charge in [-0.15, -0.1) is 0 Å². The van der Waals surface area contributed by atoms with Crippen molar-refractivity contribution in [2.75, 3.05) is 6.54 Å². The first-order chi connectivity index (χ1) is 13.0. The summed E-state index contributed by atoms with van der Waals surface area (Å²) in [4.78, 5) is 23.8. The van der Waals surface area contributed by atoms with Gasteiger partial charge in [0, 0.05) is 12.7 Å². The summed E-state index contributed by atoms with van der Waals surface area (Å²) < 4.78 is 9.92. The fraction of sp³-hybridized carbons (Fsp3) is 0.444. The van der Waals surface area contributed by atoms with E-state index in [2.05, 4.69) is 20.5 Å². The average Bonchev–Trinajstić information content (AvgIpc) is 3.37. The van der Waals surface area contributed by atoms with Crippen LogP contribution in [0.4, 0.5) is 0 Å². The Hall–Kier alpha value is -3.10. The Morgan fingerprint density at radius 1 is 1.22 bits per heavy atom. The molecule has 4 heterocycles. The van der Waals surface area contributed by atoms with Crippen LogP contribution in [0.25, 0.3) is 11.4 Å². The summed E-state index contributed by atoms with van der Waals surface area (Å²) in [6.07, 6.45) is 3.68. The Morgan fingerprint density at radius 3 is 2.78 bits per heavy atom. The summed E-state index contributed by atoms with van der Waals surface area (Å²) in [7, 11) is 0. The average molecular weight is 368 g/mol. The fourth-order valence-corrected chi connectivity index (χ4v) is 3.51. The third-order valence-corrected chi connectivity index (χ3v) is 4.91. The number of aryl methyl sites for hydroxylation is 3. The molecule has 1 aliphatic heterocycles. The molecular formula is C18H20N6O3. The molecule has 0 aromatic carbocycles. The molecule has 9 heteroatoms.